The van der Waals surface area contributed by atoms with E-state index in [1.54, 1.807) is 16.9 Å². The molecule has 0 amide bonds. The molecule has 4 saturated carbocycles. The molecule has 4 aliphatic carbocycles. The Morgan fingerprint density at radius 2 is 1.09 bits per heavy atom. The van der Waals surface area contributed by atoms with Gasteiger partial charge < -0.3 is 0 Å². The molecule has 4 heteroatoms. The van der Waals surface area contributed by atoms with Gasteiger partial charge in [0.05, 0.1) is 16.7 Å². The van der Waals surface area contributed by atoms with Gasteiger partial charge in [-0.2, -0.15) is 0 Å². The van der Waals surface area contributed by atoms with Crippen LogP contribution in [0.2, 0.25) is 0 Å². The molecule has 0 saturated heterocycles. The molecule has 58 heavy (non-hydrogen) atoms. The summed E-state index contributed by atoms with van der Waals surface area (Å²) in [5, 5.41) is 7.27. The second-order valence-corrected chi connectivity index (χ2v) is 18.6. The highest BCUT2D eigenvalue weighted by molar-refractivity contribution is 7.25. The van der Waals surface area contributed by atoms with E-state index in [0.29, 0.717) is 11.4 Å². The topological polar surface area (TPSA) is 30.7 Å². The van der Waals surface area contributed by atoms with Crippen LogP contribution in [0.25, 0.3) is 92.3 Å². The fourth-order valence-electron chi connectivity index (χ4n) is 12.2. The first-order chi connectivity index (χ1) is 28.7. The van der Waals surface area contributed by atoms with Crippen molar-refractivity contribution in [2.24, 2.45) is 17.8 Å². The normalized spacial score (nSPS) is 21.3. The smallest absolute Gasteiger partial charge is 0.236 e. The van der Waals surface area contributed by atoms with E-state index in [1.165, 1.54) is 92.4 Å². The molecule has 3 heterocycles. The van der Waals surface area contributed by atoms with Crippen LogP contribution >= 0.6 is 11.3 Å². The number of thiophene rings is 1. The van der Waals surface area contributed by atoms with Crippen LogP contribution in [0.3, 0.4) is 0 Å². The van der Waals surface area contributed by atoms with Crippen LogP contribution in [0.4, 0.5) is 0 Å². The predicted octanol–water partition coefficient (Wildman–Crippen LogP) is 14.6. The molecule has 0 unspecified atom stereocenters. The third-order valence-corrected chi connectivity index (χ3v) is 15.3. The van der Waals surface area contributed by atoms with Crippen molar-refractivity contribution in [2.45, 2.75) is 43.9 Å². The predicted molar refractivity (Wildman–Crippen MR) is 243 cm³/mol. The molecule has 10 aromatic rings. The van der Waals surface area contributed by atoms with E-state index in [-0.39, 0.29) is 0 Å². The molecule has 3 nitrogen and oxygen atoms in total. The molecule has 4 fully saturated rings. The lowest BCUT2D eigenvalue weighted by Crippen LogP contribution is -2.48. The van der Waals surface area contributed by atoms with Gasteiger partial charge in [0.2, 0.25) is 5.95 Å². The Kier molecular flexibility index (Phi) is 7.07. The van der Waals surface area contributed by atoms with Crippen molar-refractivity contribution in [2.75, 3.05) is 0 Å². The first-order valence-electron chi connectivity index (χ1n) is 21.1. The minimum absolute atomic E-state index is 0.402. The van der Waals surface area contributed by atoms with E-state index >= 15 is 0 Å². The van der Waals surface area contributed by atoms with E-state index in [4.69, 9.17) is 9.97 Å². The van der Waals surface area contributed by atoms with E-state index in [9.17, 15) is 0 Å². The molecule has 0 atom stereocenters. The second-order valence-electron chi connectivity index (χ2n) is 17.6. The summed E-state index contributed by atoms with van der Waals surface area (Å²) in [7, 11) is 0. The minimum Gasteiger partial charge on any atom is -0.278 e. The summed E-state index contributed by atoms with van der Waals surface area (Å²) in [5.41, 5.74) is 11.3. The van der Waals surface area contributed by atoms with Gasteiger partial charge in [0.1, 0.15) is 4.83 Å². The molecule has 0 N–H and O–H groups in total. The van der Waals surface area contributed by atoms with Gasteiger partial charge in [-0.1, -0.05) is 133 Å². The Morgan fingerprint density at radius 3 is 1.78 bits per heavy atom. The van der Waals surface area contributed by atoms with Gasteiger partial charge in [-0.05, 0) is 125 Å². The van der Waals surface area contributed by atoms with Crippen LogP contribution in [0.1, 0.15) is 44.1 Å². The molecule has 4 bridgehead atoms. The molecule has 278 valence electrons. The Hall–Kier alpha value is -6.10. The summed E-state index contributed by atoms with van der Waals surface area (Å²) >= 11 is 1.75. The van der Waals surface area contributed by atoms with Gasteiger partial charge >= 0.3 is 0 Å². The minimum atomic E-state index is 0.402. The third-order valence-electron chi connectivity index (χ3n) is 14.2. The molecular formula is C54H41N3S. The zero-order chi connectivity index (χ0) is 38.0. The summed E-state index contributed by atoms with van der Waals surface area (Å²) in [6.07, 6.45) is 8.62. The van der Waals surface area contributed by atoms with Crippen LogP contribution in [0, 0.1) is 17.8 Å². The Balaban J connectivity index is 0.970. The molecule has 0 aliphatic heterocycles. The zero-order valence-electron chi connectivity index (χ0n) is 32.2. The Morgan fingerprint density at radius 1 is 0.500 bits per heavy atom. The van der Waals surface area contributed by atoms with E-state index in [2.05, 4.69) is 162 Å². The largest absolute Gasteiger partial charge is 0.278 e. The van der Waals surface area contributed by atoms with E-state index < -0.39 is 0 Å². The quantitative estimate of drug-likeness (QED) is 0.175. The summed E-state index contributed by atoms with van der Waals surface area (Å²) in [6, 6.07) is 58.3. The number of nitrogens with zero attached hydrogens (tertiary/aromatic N) is 3. The number of aromatic nitrogens is 3. The molecule has 0 spiro atoms. The van der Waals surface area contributed by atoms with Crippen molar-refractivity contribution < 1.29 is 0 Å². The first-order valence-corrected chi connectivity index (χ1v) is 21.9. The molecule has 3 aromatic heterocycles. The maximum atomic E-state index is 5.53. The van der Waals surface area contributed by atoms with Gasteiger partial charge in [0.25, 0.3) is 0 Å². The first kappa shape index (κ1) is 32.9. The van der Waals surface area contributed by atoms with Crippen LogP contribution in [0.5, 0.6) is 0 Å². The maximum absolute atomic E-state index is 5.53. The molecule has 14 rings (SSSR count). The number of fused-ring (bicyclic) bond motifs is 7. The van der Waals surface area contributed by atoms with Crippen LogP contribution in [0.15, 0.2) is 158 Å². The van der Waals surface area contributed by atoms with Crippen LogP contribution in [-0.4, -0.2) is 14.5 Å². The van der Waals surface area contributed by atoms with Crippen molar-refractivity contribution in [3.63, 3.8) is 0 Å². The monoisotopic (exact) mass is 763 g/mol. The average molecular weight is 764 g/mol. The number of hydrogen-bond donors (Lipinski definition) is 0. The third kappa shape index (κ3) is 4.91. The van der Waals surface area contributed by atoms with Gasteiger partial charge in [-0.25, -0.2) is 9.97 Å². The number of rotatable bonds is 5. The Labute approximate surface area is 341 Å². The molecule has 0 radical (unpaired) electrons. The average Bonchev–Trinajstić information content (AvgIpc) is 3.81. The Bertz CT molecular complexity index is 3180. The summed E-state index contributed by atoms with van der Waals surface area (Å²) in [6.45, 7) is 0. The highest BCUT2D eigenvalue weighted by Gasteiger charge is 2.51. The van der Waals surface area contributed by atoms with Crippen molar-refractivity contribution in [1.82, 2.24) is 14.5 Å². The van der Waals surface area contributed by atoms with Gasteiger partial charge in [0, 0.05) is 31.8 Å². The van der Waals surface area contributed by atoms with Crippen LogP contribution < -0.4 is 0 Å². The highest BCUT2D eigenvalue weighted by atomic mass is 32.1. The van der Waals surface area contributed by atoms with Gasteiger partial charge in [-0.15, -0.1) is 11.3 Å². The van der Waals surface area contributed by atoms with Crippen molar-refractivity contribution in [3.05, 3.63) is 163 Å². The lowest BCUT2D eigenvalue weighted by atomic mass is 9.48. The summed E-state index contributed by atoms with van der Waals surface area (Å²) in [4.78, 5) is 11.9. The number of para-hydroxylation sites is 2. The SMILES string of the molecule is c1cc(-c2cccc3cccc(-c4ccc(C56CC7CC(CC(C7)C5)C6)cc4)c23)cc(-c2nc(-n3c4ccccc4c4ccccc43)nc3sc4ccccc4c23)c1. The standard InChI is InChI=1S/C54H41N3S/c1-4-19-46-43(14-1)44-15-2-5-20-47(44)57(46)53-55-51(50-45-16-3-6-21-48(45)58-52(50)56-53)39-13-7-12-38(29-39)42-18-9-11-37-10-8-17-41(49(37)42)36-22-24-40(25-23-36)54-30-33-26-34(31-54)28-35(27-33)32-54/h1-25,29,33-35H,26-28,30-32H2. The second kappa shape index (κ2) is 12.4. The van der Waals surface area contributed by atoms with E-state index in [0.717, 1.165) is 50.3 Å². The van der Waals surface area contributed by atoms with Crippen LogP contribution in [-0.2, 0) is 5.41 Å². The van der Waals surface area contributed by atoms with Gasteiger partial charge in [0.15, 0.2) is 0 Å². The molecule has 7 aromatic carbocycles. The fraction of sp³-hybridized carbons (Fsp3) is 0.185. The van der Waals surface area contributed by atoms with Gasteiger partial charge in [-0.3, -0.25) is 4.57 Å². The fourth-order valence-corrected chi connectivity index (χ4v) is 13.3. The van der Waals surface area contributed by atoms with Crippen molar-refractivity contribution >= 4 is 64.2 Å². The van der Waals surface area contributed by atoms with E-state index in [1.807, 2.05) is 0 Å². The van der Waals surface area contributed by atoms with Crippen molar-refractivity contribution in [1.29, 1.82) is 0 Å². The molecule has 4 aliphatic rings. The zero-order valence-corrected chi connectivity index (χ0v) is 33.1. The molecular weight excluding hydrogens is 723 g/mol. The number of hydrogen-bond acceptors (Lipinski definition) is 3. The lowest BCUT2D eigenvalue weighted by molar-refractivity contribution is -0.00518. The number of benzene rings is 7. The maximum Gasteiger partial charge on any atom is 0.236 e. The lowest BCUT2D eigenvalue weighted by Gasteiger charge is -2.57. The van der Waals surface area contributed by atoms with Crippen molar-refractivity contribution in [3.8, 4) is 39.5 Å². The summed E-state index contributed by atoms with van der Waals surface area (Å²) < 4.78 is 3.46. The highest BCUT2D eigenvalue weighted by Crippen LogP contribution is 2.61. The summed E-state index contributed by atoms with van der Waals surface area (Å²) in [5.74, 6) is 3.53.